The normalized spacial score (nSPS) is 11.8. The number of hydrogen-bond donors (Lipinski definition) is 0. The van der Waals surface area contributed by atoms with E-state index < -0.39 is 0 Å². The Balaban J connectivity index is 1.43. The van der Waals surface area contributed by atoms with Crippen LogP contribution in [0.1, 0.15) is 11.1 Å². The number of benzene rings is 9. The first-order valence-corrected chi connectivity index (χ1v) is 17.4. The maximum absolute atomic E-state index is 10.5. The molecule has 0 radical (unpaired) electrons. The minimum atomic E-state index is 0.341. The number of hydrogen-bond acceptors (Lipinski definition) is 2. The zero-order valence-corrected chi connectivity index (χ0v) is 27.8. The Labute approximate surface area is 297 Å². The molecule has 0 aliphatic heterocycles. The van der Waals surface area contributed by atoms with Crippen LogP contribution in [-0.2, 0) is 0 Å². The lowest BCUT2D eigenvalue weighted by atomic mass is 9.96. The van der Waals surface area contributed by atoms with E-state index in [0.29, 0.717) is 11.1 Å². The van der Waals surface area contributed by atoms with Crippen LogP contribution in [0.25, 0.3) is 98.1 Å². The zero-order chi connectivity index (χ0) is 34.5. The first-order valence-electron chi connectivity index (χ1n) is 17.4. The summed E-state index contributed by atoms with van der Waals surface area (Å²) in [6.45, 7) is 0. The van der Waals surface area contributed by atoms with Gasteiger partial charge in [-0.2, -0.15) is 10.5 Å². The molecule has 2 heterocycles. The minimum Gasteiger partial charge on any atom is -0.306 e. The van der Waals surface area contributed by atoms with Gasteiger partial charge in [0.2, 0.25) is 0 Å². The molecule has 0 amide bonds. The summed E-state index contributed by atoms with van der Waals surface area (Å²) < 4.78 is 4.67. The van der Waals surface area contributed by atoms with E-state index in [1.165, 1.54) is 32.3 Å². The van der Waals surface area contributed by atoms with Gasteiger partial charge < -0.3 is 9.13 Å². The Morgan fingerprint density at radius 2 is 0.615 bits per heavy atom. The second-order valence-corrected chi connectivity index (χ2v) is 13.4. The summed E-state index contributed by atoms with van der Waals surface area (Å²) in [5, 5.41) is 35.0. The molecule has 2 aromatic heterocycles. The highest BCUT2D eigenvalue weighted by atomic mass is 15.1. The van der Waals surface area contributed by atoms with Gasteiger partial charge in [-0.1, -0.05) is 133 Å². The lowest BCUT2D eigenvalue weighted by molar-refractivity contribution is 1.09. The highest BCUT2D eigenvalue weighted by Gasteiger charge is 2.25. The predicted octanol–water partition coefficient (Wildman–Crippen LogP) is 12.2. The van der Waals surface area contributed by atoms with Crippen molar-refractivity contribution < 1.29 is 0 Å². The number of rotatable bonds is 2. The molecule has 0 N–H and O–H groups in total. The number of fused-ring (bicyclic) bond motifs is 16. The van der Waals surface area contributed by atoms with E-state index in [-0.39, 0.29) is 0 Å². The van der Waals surface area contributed by atoms with Crippen LogP contribution in [0, 0.1) is 22.7 Å². The standard InChI is InChI=1S/C48H26N4/c49-27-29-25-43(51-41-23-11-9-21-39(41)45-35-17-5-1-13-31(35)33-15-3-7-19-37(33)47(45)51)44(26-30(29)28-50)52-42-24-12-10-22-40(42)46-36-18-6-2-14-32(36)34-16-4-8-20-38(34)48(46)52/h1-26H. The average molecular weight is 659 g/mol. The maximum Gasteiger partial charge on any atom is 0.101 e. The third-order valence-corrected chi connectivity index (χ3v) is 10.9. The molecule has 11 rings (SSSR count). The molecule has 4 nitrogen and oxygen atoms in total. The van der Waals surface area contributed by atoms with Gasteiger partial charge in [-0.05, 0) is 56.6 Å². The molecule has 238 valence electrons. The summed E-state index contributed by atoms with van der Waals surface area (Å²) in [4.78, 5) is 0. The first kappa shape index (κ1) is 28.4. The molecular weight excluding hydrogens is 633 g/mol. The van der Waals surface area contributed by atoms with Crippen LogP contribution < -0.4 is 0 Å². The summed E-state index contributed by atoms with van der Waals surface area (Å²) in [6, 6.07) is 60.1. The molecule has 0 atom stereocenters. The SMILES string of the molecule is N#Cc1cc(-n2c3ccccc3c3c4ccccc4c4ccccc4c32)c(-n2c3ccccc3c3c4ccccc4c4ccccc4c32)cc1C#N. The molecule has 0 aliphatic rings. The summed E-state index contributed by atoms with van der Waals surface area (Å²) in [5.41, 5.74) is 6.56. The van der Waals surface area contributed by atoms with Crippen LogP contribution >= 0.6 is 0 Å². The quantitative estimate of drug-likeness (QED) is 0.174. The molecule has 0 bridgehead atoms. The Hall–Kier alpha value is -7.40. The summed E-state index contributed by atoms with van der Waals surface area (Å²) in [7, 11) is 0. The van der Waals surface area contributed by atoms with Gasteiger partial charge >= 0.3 is 0 Å². The van der Waals surface area contributed by atoms with E-state index in [1.54, 1.807) is 0 Å². The number of para-hydroxylation sites is 2. The summed E-state index contributed by atoms with van der Waals surface area (Å²) in [5.74, 6) is 0. The van der Waals surface area contributed by atoms with Crippen molar-refractivity contribution in [2.24, 2.45) is 0 Å². The van der Waals surface area contributed by atoms with Crippen molar-refractivity contribution in [3.8, 4) is 23.5 Å². The number of nitrogens with zero attached hydrogens (tertiary/aromatic N) is 4. The fraction of sp³-hybridized carbons (Fsp3) is 0. The van der Waals surface area contributed by atoms with Crippen molar-refractivity contribution in [3.63, 3.8) is 0 Å². The third-order valence-electron chi connectivity index (χ3n) is 10.9. The Bertz CT molecular complexity index is 3210. The van der Waals surface area contributed by atoms with E-state index in [0.717, 1.165) is 65.8 Å². The van der Waals surface area contributed by atoms with E-state index in [4.69, 9.17) is 0 Å². The molecule has 52 heavy (non-hydrogen) atoms. The van der Waals surface area contributed by atoms with Gasteiger partial charge in [-0.15, -0.1) is 0 Å². The second-order valence-electron chi connectivity index (χ2n) is 13.4. The first-order chi connectivity index (χ1) is 25.8. The van der Waals surface area contributed by atoms with E-state index in [9.17, 15) is 10.5 Å². The number of aromatic nitrogens is 2. The molecule has 4 heteroatoms. The third kappa shape index (κ3) is 3.63. The molecule has 0 aliphatic carbocycles. The van der Waals surface area contributed by atoms with E-state index in [1.807, 2.05) is 12.1 Å². The van der Waals surface area contributed by atoms with Gasteiger partial charge in [0, 0.05) is 32.3 Å². The Kier molecular flexibility index (Phi) is 5.77. The second kappa shape index (κ2) is 10.6. The topological polar surface area (TPSA) is 57.4 Å². The predicted molar refractivity (Wildman–Crippen MR) is 215 cm³/mol. The molecule has 9 aromatic carbocycles. The summed E-state index contributed by atoms with van der Waals surface area (Å²) in [6.07, 6.45) is 0. The minimum absolute atomic E-state index is 0.341. The lowest BCUT2D eigenvalue weighted by Gasteiger charge is -2.19. The van der Waals surface area contributed by atoms with Crippen LogP contribution in [0.3, 0.4) is 0 Å². The largest absolute Gasteiger partial charge is 0.306 e. The average Bonchev–Trinajstić information content (AvgIpc) is 3.75. The van der Waals surface area contributed by atoms with E-state index >= 15 is 0 Å². The molecular formula is C48H26N4. The highest BCUT2D eigenvalue weighted by Crippen LogP contribution is 2.46. The van der Waals surface area contributed by atoms with Crippen LogP contribution in [0.5, 0.6) is 0 Å². The van der Waals surface area contributed by atoms with Crippen LogP contribution in [-0.4, -0.2) is 9.13 Å². The maximum atomic E-state index is 10.5. The summed E-state index contributed by atoms with van der Waals surface area (Å²) >= 11 is 0. The van der Waals surface area contributed by atoms with Gasteiger partial charge in [0.25, 0.3) is 0 Å². The molecule has 0 saturated carbocycles. The van der Waals surface area contributed by atoms with Crippen molar-refractivity contribution in [1.29, 1.82) is 10.5 Å². The molecule has 0 spiro atoms. The number of nitriles is 2. The zero-order valence-electron chi connectivity index (χ0n) is 27.8. The van der Waals surface area contributed by atoms with Crippen molar-refractivity contribution in [1.82, 2.24) is 9.13 Å². The molecule has 0 fully saturated rings. The van der Waals surface area contributed by atoms with Crippen LogP contribution in [0.4, 0.5) is 0 Å². The van der Waals surface area contributed by atoms with Crippen molar-refractivity contribution in [2.45, 2.75) is 0 Å². The molecule has 0 saturated heterocycles. The fourth-order valence-corrected chi connectivity index (χ4v) is 8.88. The van der Waals surface area contributed by atoms with Crippen molar-refractivity contribution in [3.05, 3.63) is 169 Å². The van der Waals surface area contributed by atoms with Gasteiger partial charge in [0.15, 0.2) is 0 Å². The van der Waals surface area contributed by atoms with Crippen molar-refractivity contribution in [2.75, 3.05) is 0 Å². The van der Waals surface area contributed by atoms with Crippen LogP contribution in [0.15, 0.2) is 158 Å². The lowest BCUT2D eigenvalue weighted by Crippen LogP contribution is -2.06. The van der Waals surface area contributed by atoms with Gasteiger partial charge in [-0.3, -0.25) is 0 Å². The van der Waals surface area contributed by atoms with Gasteiger partial charge in [0.05, 0.1) is 44.6 Å². The van der Waals surface area contributed by atoms with Crippen molar-refractivity contribution >= 4 is 86.7 Å². The van der Waals surface area contributed by atoms with Crippen LogP contribution in [0.2, 0.25) is 0 Å². The Morgan fingerprint density at radius 1 is 0.327 bits per heavy atom. The molecule has 11 aromatic rings. The highest BCUT2D eigenvalue weighted by molar-refractivity contribution is 6.33. The smallest absolute Gasteiger partial charge is 0.101 e. The van der Waals surface area contributed by atoms with Gasteiger partial charge in [-0.25, -0.2) is 0 Å². The van der Waals surface area contributed by atoms with Gasteiger partial charge in [0.1, 0.15) is 12.1 Å². The fourth-order valence-electron chi connectivity index (χ4n) is 8.88. The van der Waals surface area contributed by atoms with E-state index in [2.05, 4.69) is 167 Å². The Morgan fingerprint density at radius 3 is 0.981 bits per heavy atom. The molecule has 0 unspecified atom stereocenters. The monoisotopic (exact) mass is 658 g/mol.